The Bertz CT molecular complexity index is 749. The molecule has 0 amide bonds. The summed E-state index contributed by atoms with van der Waals surface area (Å²) in [6.45, 7) is 11.0. The number of hydrogen-bond donors (Lipinski definition) is 0. The van der Waals surface area contributed by atoms with Crippen molar-refractivity contribution < 1.29 is 9.22 Å². The molecule has 0 bridgehead atoms. The third-order valence-corrected chi connectivity index (χ3v) is 9.65. The van der Waals surface area contributed by atoms with E-state index < -0.39 is 8.32 Å². The molecule has 0 N–H and O–H groups in total. The molecule has 0 aromatic heterocycles. The zero-order chi connectivity index (χ0) is 18.1. The van der Waals surface area contributed by atoms with Crippen LogP contribution in [-0.2, 0) is 0 Å². The average Bonchev–Trinajstić information content (AvgIpc) is 2.48. The largest absolute Gasteiger partial charge is 0.544 e. The zero-order valence-electron chi connectivity index (χ0n) is 14.6. The first kappa shape index (κ1) is 19.2. The Morgan fingerprint density at radius 2 is 1.67 bits per heavy atom. The van der Waals surface area contributed by atoms with Crippen LogP contribution in [0.25, 0.3) is 0 Å². The van der Waals surface area contributed by atoms with E-state index in [0.29, 0.717) is 16.1 Å². The van der Waals surface area contributed by atoms with Crippen LogP contribution in [0.15, 0.2) is 46.9 Å². The number of carbonyl (C=O) groups excluding carboxylic acids is 1. The lowest BCUT2D eigenvalue weighted by Crippen LogP contribution is -2.43. The summed E-state index contributed by atoms with van der Waals surface area (Å²) in [7, 11) is -1.88. The molecule has 128 valence electrons. The Morgan fingerprint density at radius 1 is 1.08 bits per heavy atom. The second-order valence-electron chi connectivity index (χ2n) is 7.34. The van der Waals surface area contributed by atoms with Gasteiger partial charge < -0.3 is 4.43 Å². The zero-order valence-corrected chi connectivity index (χ0v) is 18.0. The molecule has 0 atom stereocenters. The molecular formula is C19H22BrClO2Si. The average molecular weight is 426 g/mol. The lowest BCUT2D eigenvalue weighted by molar-refractivity contribution is 0.103. The molecule has 0 heterocycles. The Hall–Kier alpha value is -1.10. The Kier molecular flexibility index (Phi) is 5.63. The molecule has 0 saturated heterocycles. The van der Waals surface area contributed by atoms with Gasteiger partial charge in [-0.2, -0.15) is 0 Å². The van der Waals surface area contributed by atoms with Crippen molar-refractivity contribution in [3.63, 3.8) is 0 Å². The van der Waals surface area contributed by atoms with Crippen molar-refractivity contribution in [3.8, 4) is 5.75 Å². The molecule has 0 radical (unpaired) electrons. The number of carbonyl (C=O) groups is 1. The molecule has 2 aromatic carbocycles. The van der Waals surface area contributed by atoms with Crippen LogP contribution in [-0.4, -0.2) is 14.1 Å². The van der Waals surface area contributed by atoms with Crippen molar-refractivity contribution >= 4 is 41.6 Å². The highest BCUT2D eigenvalue weighted by Crippen LogP contribution is 2.37. The third kappa shape index (κ3) is 4.29. The molecule has 0 fully saturated rings. The smallest absolute Gasteiger partial charge is 0.250 e. The SMILES string of the molecule is CC(C)(C)[Si](C)(C)Oc1ccc(C(=O)c2cc(Br)ccc2Cl)cc1. The molecule has 24 heavy (non-hydrogen) atoms. The standard InChI is InChI=1S/C19H22BrClO2Si/c1-19(2,3)24(4,5)23-15-9-6-13(7-10-15)18(22)16-12-14(20)8-11-17(16)21/h6-12H,1-5H3. The summed E-state index contributed by atoms with van der Waals surface area (Å²) in [5, 5.41) is 0.579. The summed E-state index contributed by atoms with van der Waals surface area (Å²) in [6, 6.07) is 12.6. The number of ketones is 1. The van der Waals surface area contributed by atoms with Gasteiger partial charge in [-0.1, -0.05) is 48.3 Å². The Morgan fingerprint density at radius 3 is 2.21 bits per heavy atom. The minimum Gasteiger partial charge on any atom is -0.544 e. The van der Waals surface area contributed by atoms with Gasteiger partial charge in [-0.25, -0.2) is 0 Å². The monoisotopic (exact) mass is 424 g/mol. The molecule has 5 heteroatoms. The van der Waals surface area contributed by atoms with E-state index in [9.17, 15) is 4.79 Å². The molecule has 0 aliphatic rings. The fraction of sp³-hybridized carbons (Fsp3) is 0.316. The number of benzene rings is 2. The van der Waals surface area contributed by atoms with Crippen molar-refractivity contribution in [1.29, 1.82) is 0 Å². The van der Waals surface area contributed by atoms with Gasteiger partial charge in [0.2, 0.25) is 8.32 Å². The Balaban J connectivity index is 2.23. The summed E-state index contributed by atoms with van der Waals surface area (Å²) >= 11 is 9.52. The first-order chi connectivity index (χ1) is 11.0. The van der Waals surface area contributed by atoms with E-state index in [1.54, 1.807) is 24.3 Å². The van der Waals surface area contributed by atoms with E-state index in [1.807, 2.05) is 18.2 Å². The quantitative estimate of drug-likeness (QED) is 0.401. The summed E-state index contributed by atoms with van der Waals surface area (Å²) in [4.78, 5) is 12.6. The van der Waals surface area contributed by atoms with Gasteiger partial charge in [0, 0.05) is 15.6 Å². The summed E-state index contributed by atoms with van der Waals surface area (Å²) in [5.41, 5.74) is 1.08. The molecule has 0 spiro atoms. The normalized spacial score (nSPS) is 12.1. The van der Waals surface area contributed by atoms with Crippen LogP contribution < -0.4 is 4.43 Å². The van der Waals surface area contributed by atoms with E-state index >= 15 is 0 Å². The van der Waals surface area contributed by atoms with Crippen molar-refractivity contribution in [3.05, 3.63) is 63.1 Å². The molecule has 2 rings (SSSR count). The molecule has 0 aliphatic heterocycles. The number of rotatable bonds is 4. The van der Waals surface area contributed by atoms with Crippen molar-refractivity contribution in [1.82, 2.24) is 0 Å². The maximum atomic E-state index is 12.6. The number of halogens is 2. The van der Waals surface area contributed by atoms with Gasteiger partial charge in [-0.05, 0) is 60.6 Å². The van der Waals surface area contributed by atoms with Gasteiger partial charge in [-0.3, -0.25) is 4.79 Å². The first-order valence-electron chi connectivity index (χ1n) is 7.80. The maximum absolute atomic E-state index is 12.6. The molecule has 2 nitrogen and oxygen atoms in total. The highest BCUT2D eigenvalue weighted by Gasteiger charge is 2.38. The fourth-order valence-electron chi connectivity index (χ4n) is 1.95. The van der Waals surface area contributed by atoms with Crippen LogP contribution in [0, 0.1) is 0 Å². The van der Waals surface area contributed by atoms with Gasteiger partial charge in [0.15, 0.2) is 5.78 Å². The minimum atomic E-state index is -1.88. The van der Waals surface area contributed by atoms with Gasteiger partial charge in [0.25, 0.3) is 0 Å². The third-order valence-electron chi connectivity index (χ3n) is 4.47. The Labute approximate surface area is 158 Å². The predicted octanol–water partition coefficient (Wildman–Crippen LogP) is 6.72. The lowest BCUT2D eigenvalue weighted by atomic mass is 10.0. The van der Waals surface area contributed by atoms with Crippen molar-refractivity contribution in [2.75, 3.05) is 0 Å². The lowest BCUT2D eigenvalue weighted by Gasteiger charge is -2.36. The van der Waals surface area contributed by atoms with Crippen LogP contribution in [0.2, 0.25) is 23.2 Å². The van der Waals surface area contributed by atoms with Crippen molar-refractivity contribution in [2.24, 2.45) is 0 Å². The van der Waals surface area contributed by atoms with Crippen LogP contribution >= 0.6 is 27.5 Å². The van der Waals surface area contributed by atoms with Crippen LogP contribution in [0.4, 0.5) is 0 Å². The van der Waals surface area contributed by atoms with Crippen LogP contribution in [0.1, 0.15) is 36.7 Å². The highest BCUT2D eigenvalue weighted by molar-refractivity contribution is 9.10. The summed E-state index contributed by atoms with van der Waals surface area (Å²) in [5.74, 6) is 0.707. The van der Waals surface area contributed by atoms with Crippen LogP contribution in [0.3, 0.4) is 0 Å². The molecule has 0 unspecified atom stereocenters. The van der Waals surface area contributed by atoms with Crippen LogP contribution in [0.5, 0.6) is 5.75 Å². The first-order valence-corrected chi connectivity index (χ1v) is 11.9. The molecular weight excluding hydrogens is 404 g/mol. The number of hydrogen-bond acceptors (Lipinski definition) is 2. The highest BCUT2D eigenvalue weighted by atomic mass is 79.9. The fourth-order valence-corrected chi connectivity index (χ4v) is 3.55. The molecule has 0 aliphatic carbocycles. The van der Waals surface area contributed by atoms with E-state index in [-0.39, 0.29) is 10.8 Å². The van der Waals surface area contributed by atoms with Gasteiger partial charge in [-0.15, -0.1) is 0 Å². The van der Waals surface area contributed by atoms with Gasteiger partial charge in [0.05, 0.1) is 5.02 Å². The van der Waals surface area contributed by atoms with E-state index in [4.69, 9.17) is 16.0 Å². The maximum Gasteiger partial charge on any atom is 0.250 e. The molecule has 0 saturated carbocycles. The van der Waals surface area contributed by atoms with Gasteiger partial charge in [0.1, 0.15) is 5.75 Å². The minimum absolute atomic E-state index is 0.0971. The predicted molar refractivity (Wildman–Crippen MR) is 107 cm³/mol. The van der Waals surface area contributed by atoms with E-state index in [2.05, 4.69) is 49.8 Å². The summed E-state index contributed by atoms with van der Waals surface area (Å²) < 4.78 is 7.07. The van der Waals surface area contributed by atoms with Gasteiger partial charge >= 0.3 is 0 Å². The van der Waals surface area contributed by atoms with Crippen molar-refractivity contribution in [2.45, 2.75) is 38.9 Å². The topological polar surface area (TPSA) is 26.3 Å². The second-order valence-corrected chi connectivity index (χ2v) is 13.4. The molecule has 2 aromatic rings. The van der Waals surface area contributed by atoms with E-state index in [1.165, 1.54) is 0 Å². The van der Waals surface area contributed by atoms with E-state index in [0.717, 1.165) is 10.2 Å². The second kappa shape index (κ2) is 7.02. The summed E-state index contributed by atoms with van der Waals surface area (Å²) in [6.07, 6.45) is 0.